The summed E-state index contributed by atoms with van der Waals surface area (Å²) in [6.07, 6.45) is 5.95. The fraction of sp³-hybridized carbons (Fsp3) is 0.100. The third-order valence-electron chi connectivity index (χ3n) is 3.24. The molecule has 0 N–H and O–H groups in total. The van der Waals surface area contributed by atoms with Crippen LogP contribution in [0.15, 0.2) is 60.7 Å². The Balaban J connectivity index is 1.92. The maximum Gasteiger partial charge on any atom is 0.336 e. The Kier molecular flexibility index (Phi) is 6.54. The molecule has 0 saturated heterocycles. The molecule has 0 radical (unpaired) electrons. The number of carbonyl (C=O) groups is 2. The van der Waals surface area contributed by atoms with E-state index in [1.54, 1.807) is 43.5 Å². The first-order chi connectivity index (χ1) is 12.1. The molecule has 5 nitrogen and oxygen atoms in total. The van der Waals surface area contributed by atoms with Crippen molar-refractivity contribution >= 4 is 24.1 Å². The molecule has 0 aliphatic rings. The van der Waals surface area contributed by atoms with E-state index in [1.807, 2.05) is 24.3 Å². The van der Waals surface area contributed by atoms with Gasteiger partial charge in [-0.05, 0) is 47.5 Å². The van der Waals surface area contributed by atoms with Crippen LogP contribution >= 0.6 is 0 Å². The van der Waals surface area contributed by atoms with Gasteiger partial charge in [-0.3, -0.25) is 0 Å². The second-order valence-electron chi connectivity index (χ2n) is 4.95. The van der Waals surface area contributed by atoms with Gasteiger partial charge >= 0.3 is 11.9 Å². The largest absolute Gasteiger partial charge is 0.497 e. The molecule has 0 aliphatic heterocycles. The molecule has 128 valence electrons. The van der Waals surface area contributed by atoms with Gasteiger partial charge in [-0.2, -0.15) is 0 Å². The van der Waals surface area contributed by atoms with E-state index in [2.05, 4.69) is 4.74 Å². The van der Waals surface area contributed by atoms with Gasteiger partial charge in [-0.15, -0.1) is 0 Å². The average Bonchev–Trinajstić information content (AvgIpc) is 2.66. The number of ether oxygens (including phenoxy) is 3. The highest BCUT2D eigenvalue weighted by Crippen LogP contribution is 2.15. The summed E-state index contributed by atoms with van der Waals surface area (Å²) in [4.78, 5) is 22.9. The van der Waals surface area contributed by atoms with Gasteiger partial charge in [0.05, 0.1) is 14.2 Å². The Bertz CT molecular complexity index is 771. The van der Waals surface area contributed by atoms with Crippen LogP contribution in [-0.4, -0.2) is 26.2 Å². The number of esters is 2. The van der Waals surface area contributed by atoms with Crippen LogP contribution in [0.2, 0.25) is 0 Å². The molecule has 0 amide bonds. The molecule has 2 aromatic carbocycles. The predicted molar refractivity (Wildman–Crippen MR) is 95.2 cm³/mol. The van der Waals surface area contributed by atoms with E-state index in [1.165, 1.54) is 19.3 Å². The zero-order valence-electron chi connectivity index (χ0n) is 14.0. The average molecular weight is 338 g/mol. The Morgan fingerprint density at radius 1 is 0.720 bits per heavy atom. The lowest BCUT2D eigenvalue weighted by atomic mass is 10.2. The number of benzene rings is 2. The van der Waals surface area contributed by atoms with Crippen LogP contribution in [0.3, 0.4) is 0 Å². The van der Waals surface area contributed by atoms with Crippen LogP contribution < -0.4 is 9.47 Å². The van der Waals surface area contributed by atoms with Gasteiger partial charge in [0.2, 0.25) is 0 Å². The molecule has 0 saturated carbocycles. The molecule has 0 aliphatic carbocycles. The molecular formula is C20H18O5. The van der Waals surface area contributed by atoms with Crippen molar-refractivity contribution in [2.75, 3.05) is 14.2 Å². The monoisotopic (exact) mass is 338 g/mol. The Labute approximate surface area is 146 Å². The summed E-state index contributed by atoms with van der Waals surface area (Å²) in [7, 11) is 2.91. The van der Waals surface area contributed by atoms with Gasteiger partial charge in [-0.1, -0.05) is 24.3 Å². The fourth-order valence-corrected chi connectivity index (χ4v) is 1.91. The van der Waals surface area contributed by atoms with Crippen molar-refractivity contribution in [3.05, 3.63) is 71.8 Å². The SMILES string of the molecule is COC(=O)/C=C/c1ccc(OC(=O)/C=C/c2ccc(OC)cc2)cc1. The van der Waals surface area contributed by atoms with E-state index in [0.717, 1.165) is 16.9 Å². The Morgan fingerprint density at radius 3 is 1.68 bits per heavy atom. The highest BCUT2D eigenvalue weighted by atomic mass is 16.5. The van der Waals surface area contributed by atoms with Crippen LogP contribution in [0.25, 0.3) is 12.2 Å². The standard InChI is InChI=1S/C20H18O5/c1-23-17-9-3-15(4-10-17)8-14-20(22)25-18-11-5-16(6-12-18)7-13-19(21)24-2/h3-14H,1-2H3/b13-7+,14-8+. The molecule has 0 bridgehead atoms. The van der Waals surface area contributed by atoms with Gasteiger partial charge in [0.15, 0.2) is 0 Å². The van der Waals surface area contributed by atoms with Crippen LogP contribution in [0.5, 0.6) is 11.5 Å². The minimum atomic E-state index is -0.478. The Morgan fingerprint density at radius 2 is 1.20 bits per heavy atom. The lowest BCUT2D eigenvalue weighted by Gasteiger charge is -2.02. The topological polar surface area (TPSA) is 61.8 Å². The molecule has 0 heterocycles. The first kappa shape index (κ1) is 18.0. The number of rotatable bonds is 6. The van der Waals surface area contributed by atoms with Crippen molar-refractivity contribution in [1.29, 1.82) is 0 Å². The number of hydrogen-bond donors (Lipinski definition) is 0. The molecule has 0 atom stereocenters. The smallest absolute Gasteiger partial charge is 0.336 e. The van der Waals surface area contributed by atoms with Gasteiger partial charge in [0.25, 0.3) is 0 Å². The molecule has 2 rings (SSSR count). The number of carbonyl (C=O) groups excluding carboxylic acids is 2. The summed E-state index contributed by atoms with van der Waals surface area (Å²) in [6.45, 7) is 0. The van der Waals surface area contributed by atoms with Gasteiger partial charge < -0.3 is 14.2 Å². The van der Waals surface area contributed by atoms with Crippen molar-refractivity contribution in [2.24, 2.45) is 0 Å². The lowest BCUT2D eigenvalue weighted by molar-refractivity contribution is -0.134. The minimum Gasteiger partial charge on any atom is -0.497 e. The lowest BCUT2D eigenvalue weighted by Crippen LogP contribution is -2.03. The van der Waals surface area contributed by atoms with Crippen molar-refractivity contribution in [1.82, 2.24) is 0 Å². The number of methoxy groups -OCH3 is 2. The summed E-state index contributed by atoms with van der Waals surface area (Å²) in [6, 6.07) is 14.1. The predicted octanol–water partition coefficient (Wildman–Crippen LogP) is 3.50. The van der Waals surface area contributed by atoms with Crippen LogP contribution in [0.1, 0.15) is 11.1 Å². The van der Waals surface area contributed by atoms with Crippen LogP contribution in [0, 0.1) is 0 Å². The molecule has 0 spiro atoms. The molecular weight excluding hydrogens is 320 g/mol. The maximum absolute atomic E-state index is 11.8. The molecule has 0 unspecified atom stereocenters. The molecule has 25 heavy (non-hydrogen) atoms. The number of hydrogen-bond acceptors (Lipinski definition) is 5. The first-order valence-corrected chi connectivity index (χ1v) is 7.51. The maximum atomic E-state index is 11.8. The van der Waals surface area contributed by atoms with E-state index in [-0.39, 0.29) is 0 Å². The van der Waals surface area contributed by atoms with Crippen LogP contribution in [-0.2, 0) is 14.3 Å². The minimum absolute atomic E-state index is 0.416. The van der Waals surface area contributed by atoms with Gasteiger partial charge in [0, 0.05) is 12.2 Å². The molecule has 5 heteroatoms. The van der Waals surface area contributed by atoms with Crippen molar-refractivity contribution in [3.63, 3.8) is 0 Å². The summed E-state index contributed by atoms with van der Waals surface area (Å²) in [5.41, 5.74) is 1.65. The zero-order valence-corrected chi connectivity index (χ0v) is 14.0. The first-order valence-electron chi connectivity index (χ1n) is 7.51. The second kappa shape index (κ2) is 9.08. The third kappa shape index (κ3) is 5.99. The quantitative estimate of drug-likeness (QED) is 0.458. The fourth-order valence-electron chi connectivity index (χ4n) is 1.91. The molecule has 0 fully saturated rings. The highest BCUT2D eigenvalue weighted by Gasteiger charge is 2.01. The summed E-state index contributed by atoms with van der Waals surface area (Å²) < 4.78 is 14.8. The third-order valence-corrected chi connectivity index (χ3v) is 3.24. The van der Waals surface area contributed by atoms with E-state index < -0.39 is 11.9 Å². The van der Waals surface area contributed by atoms with Crippen LogP contribution in [0.4, 0.5) is 0 Å². The zero-order chi connectivity index (χ0) is 18.1. The summed E-state index contributed by atoms with van der Waals surface area (Å²) in [5, 5.41) is 0. The Hall–Kier alpha value is -3.34. The normalized spacial score (nSPS) is 10.8. The molecule has 2 aromatic rings. The second-order valence-corrected chi connectivity index (χ2v) is 4.95. The molecule has 0 aromatic heterocycles. The van der Waals surface area contributed by atoms with Crippen molar-refractivity contribution in [2.45, 2.75) is 0 Å². The highest BCUT2D eigenvalue weighted by molar-refractivity contribution is 5.89. The van der Waals surface area contributed by atoms with E-state index in [0.29, 0.717) is 5.75 Å². The van der Waals surface area contributed by atoms with Gasteiger partial charge in [0.1, 0.15) is 11.5 Å². The van der Waals surface area contributed by atoms with Gasteiger partial charge in [-0.25, -0.2) is 9.59 Å². The van der Waals surface area contributed by atoms with E-state index in [9.17, 15) is 9.59 Å². The summed E-state index contributed by atoms with van der Waals surface area (Å²) in [5.74, 6) is 0.258. The van der Waals surface area contributed by atoms with Crippen molar-refractivity contribution < 1.29 is 23.8 Å². The van der Waals surface area contributed by atoms with Crippen molar-refractivity contribution in [3.8, 4) is 11.5 Å². The summed E-state index contributed by atoms with van der Waals surface area (Å²) >= 11 is 0. The van der Waals surface area contributed by atoms with E-state index in [4.69, 9.17) is 9.47 Å². The van der Waals surface area contributed by atoms with E-state index >= 15 is 0 Å².